The van der Waals surface area contributed by atoms with Crippen LogP contribution in [0.2, 0.25) is 0 Å². The van der Waals surface area contributed by atoms with Crippen molar-refractivity contribution < 1.29 is 0 Å². The van der Waals surface area contributed by atoms with Gasteiger partial charge in [0.05, 0.1) is 0 Å². The molecule has 0 fully saturated rings. The van der Waals surface area contributed by atoms with E-state index >= 15 is 0 Å². The third-order valence-corrected chi connectivity index (χ3v) is 1.41. The van der Waals surface area contributed by atoms with E-state index in [0.29, 0.717) is 0 Å². The summed E-state index contributed by atoms with van der Waals surface area (Å²) in [6.45, 7) is 5.50. The molecule has 0 aliphatic carbocycles. The molecule has 0 nitrogen and oxygen atoms in total. The Morgan fingerprint density at radius 3 is 2.00 bits per heavy atom. The van der Waals surface area contributed by atoms with Crippen molar-refractivity contribution in [2.45, 2.75) is 6.92 Å². The Kier molecular flexibility index (Phi) is 7.41. The highest BCUT2D eigenvalue weighted by atomic mass is 35.5. The monoisotopic (exact) mass is 180 g/mol. The van der Waals surface area contributed by atoms with Crippen LogP contribution < -0.4 is 0 Å². The molecular weight excluding hydrogens is 168 g/mol. The molecule has 1 heteroatoms. The molecule has 0 amide bonds. The van der Waals surface area contributed by atoms with Crippen molar-refractivity contribution in [2.24, 2.45) is 0 Å². The van der Waals surface area contributed by atoms with Gasteiger partial charge in [-0.1, -0.05) is 60.7 Å². The molecule has 64 valence electrons. The topological polar surface area (TPSA) is 0 Å². The lowest BCUT2D eigenvalue weighted by molar-refractivity contribution is 1.67. The van der Waals surface area contributed by atoms with Crippen LogP contribution in [0.5, 0.6) is 0 Å². The highest BCUT2D eigenvalue weighted by Crippen LogP contribution is 1.97. The number of hydrogen-bond acceptors (Lipinski definition) is 0. The summed E-state index contributed by atoms with van der Waals surface area (Å²) in [4.78, 5) is 0. The largest absolute Gasteiger partial charge is 0.0985 e. The van der Waals surface area contributed by atoms with Crippen molar-refractivity contribution in [1.29, 1.82) is 0 Å². The molecule has 1 rings (SSSR count). The van der Waals surface area contributed by atoms with Crippen LogP contribution in [0.4, 0.5) is 0 Å². The van der Waals surface area contributed by atoms with Crippen LogP contribution in [0.3, 0.4) is 0 Å². The highest BCUT2D eigenvalue weighted by Gasteiger charge is 1.75. The number of allylic oxidation sites excluding steroid dienone is 1. The van der Waals surface area contributed by atoms with Crippen molar-refractivity contribution in [3.8, 4) is 0 Å². The van der Waals surface area contributed by atoms with Crippen LogP contribution in [-0.2, 0) is 0 Å². The second kappa shape index (κ2) is 8.09. The molecule has 0 heterocycles. The molecular formula is C11H13Cl. The van der Waals surface area contributed by atoms with E-state index in [1.165, 1.54) is 11.1 Å². The summed E-state index contributed by atoms with van der Waals surface area (Å²) in [6, 6.07) is 10.0. The maximum atomic E-state index is 5.01. The lowest BCUT2D eigenvalue weighted by atomic mass is 10.2. The predicted octanol–water partition coefficient (Wildman–Crippen LogP) is 4.09. The Morgan fingerprint density at radius 2 is 1.75 bits per heavy atom. The van der Waals surface area contributed by atoms with E-state index in [1.54, 1.807) is 6.08 Å². The van der Waals surface area contributed by atoms with Gasteiger partial charge in [0.2, 0.25) is 0 Å². The number of halogens is 1. The standard InChI is InChI=1S/C8H8.C3H5Cl/c1-2-8-6-4-3-5-7-8;1-2-3-4/h2-7H,1H2;2-3H,1H3. The van der Waals surface area contributed by atoms with E-state index in [1.807, 2.05) is 43.3 Å². The fourth-order valence-corrected chi connectivity index (χ4v) is 0.589. The summed E-state index contributed by atoms with van der Waals surface area (Å²) >= 11 is 5.01. The van der Waals surface area contributed by atoms with Gasteiger partial charge in [0.1, 0.15) is 0 Å². The Balaban J connectivity index is 0.000000261. The van der Waals surface area contributed by atoms with E-state index in [-0.39, 0.29) is 0 Å². The second-order valence-electron chi connectivity index (χ2n) is 2.07. The first-order chi connectivity index (χ1) is 5.85. The molecule has 0 saturated heterocycles. The fraction of sp³-hybridized carbons (Fsp3) is 0.0909. The predicted molar refractivity (Wildman–Crippen MR) is 57.2 cm³/mol. The van der Waals surface area contributed by atoms with Crippen molar-refractivity contribution in [1.82, 2.24) is 0 Å². The third-order valence-electron chi connectivity index (χ3n) is 1.16. The van der Waals surface area contributed by atoms with Crippen molar-refractivity contribution in [3.05, 3.63) is 54.1 Å². The zero-order valence-electron chi connectivity index (χ0n) is 7.20. The third kappa shape index (κ3) is 5.75. The van der Waals surface area contributed by atoms with Gasteiger partial charge in [-0.3, -0.25) is 0 Å². The summed E-state index contributed by atoms with van der Waals surface area (Å²) in [6.07, 6.45) is 3.60. The van der Waals surface area contributed by atoms with Gasteiger partial charge >= 0.3 is 0 Å². The molecule has 0 aliphatic heterocycles. The maximum absolute atomic E-state index is 5.01. The summed E-state index contributed by atoms with van der Waals surface area (Å²) in [7, 11) is 0. The molecule has 0 N–H and O–H groups in total. The summed E-state index contributed by atoms with van der Waals surface area (Å²) in [5.74, 6) is 0. The Hall–Kier alpha value is -1.01. The zero-order valence-corrected chi connectivity index (χ0v) is 7.96. The fourth-order valence-electron chi connectivity index (χ4n) is 0.589. The average molecular weight is 181 g/mol. The van der Waals surface area contributed by atoms with Gasteiger partial charge in [-0.2, -0.15) is 0 Å². The minimum atomic E-state index is 1.17. The summed E-state index contributed by atoms with van der Waals surface area (Å²) < 4.78 is 0. The molecule has 12 heavy (non-hydrogen) atoms. The molecule has 1 aromatic rings. The Bertz CT molecular complexity index is 220. The summed E-state index contributed by atoms with van der Waals surface area (Å²) in [5, 5.41) is 0. The van der Waals surface area contributed by atoms with Crippen molar-refractivity contribution in [3.63, 3.8) is 0 Å². The molecule has 0 atom stereocenters. The van der Waals surface area contributed by atoms with Crippen molar-refractivity contribution in [2.75, 3.05) is 0 Å². The van der Waals surface area contributed by atoms with E-state index in [4.69, 9.17) is 11.6 Å². The van der Waals surface area contributed by atoms with Gasteiger partial charge in [-0.05, 0) is 18.0 Å². The van der Waals surface area contributed by atoms with Crippen LogP contribution >= 0.6 is 11.6 Å². The molecule has 1 aromatic carbocycles. The van der Waals surface area contributed by atoms with Crippen LogP contribution in [0, 0.1) is 0 Å². The first-order valence-corrected chi connectivity index (χ1v) is 4.17. The molecule has 0 aromatic heterocycles. The minimum absolute atomic E-state index is 1.17. The first-order valence-electron chi connectivity index (χ1n) is 3.74. The average Bonchev–Trinajstić information content (AvgIpc) is 2.19. The molecule has 0 saturated carbocycles. The number of hydrogen-bond donors (Lipinski definition) is 0. The van der Waals surface area contributed by atoms with E-state index < -0.39 is 0 Å². The van der Waals surface area contributed by atoms with Gasteiger partial charge in [0, 0.05) is 0 Å². The van der Waals surface area contributed by atoms with E-state index in [0.717, 1.165) is 0 Å². The normalized spacial score (nSPS) is 8.83. The lowest BCUT2D eigenvalue weighted by Gasteiger charge is -1.85. The number of rotatable bonds is 1. The van der Waals surface area contributed by atoms with Crippen LogP contribution in [0.25, 0.3) is 6.08 Å². The van der Waals surface area contributed by atoms with Crippen LogP contribution in [0.15, 0.2) is 48.5 Å². The molecule has 0 unspecified atom stereocenters. The van der Waals surface area contributed by atoms with Gasteiger partial charge in [-0.15, -0.1) is 0 Å². The minimum Gasteiger partial charge on any atom is -0.0985 e. The van der Waals surface area contributed by atoms with Gasteiger partial charge in [0.15, 0.2) is 0 Å². The van der Waals surface area contributed by atoms with Crippen LogP contribution in [0.1, 0.15) is 12.5 Å². The second-order valence-corrected chi connectivity index (χ2v) is 2.33. The van der Waals surface area contributed by atoms with E-state index in [9.17, 15) is 0 Å². The highest BCUT2D eigenvalue weighted by molar-refractivity contribution is 6.25. The van der Waals surface area contributed by atoms with Gasteiger partial charge in [-0.25, -0.2) is 0 Å². The van der Waals surface area contributed by atoms with Crippen LogP contribution in [-0.4, -0.2) is 0 Å². The number of benzene rings is 1. The smallest absolute Gasteiger partial charge is 0.0000330 e. The Labute approximate surface area is 79.2 Å². The Morgan fingerprint density at radius 1 is 1.25 bits per heavy atom. The molecule has 0 spiro atoms. The SMILES string of the molecule is C=Cc1ccccc1.CC=CCl. The van der Waals surface area contributed by atoms with Gasteiger partial charge in [0.25, 0.3) is 0 Å². The maximum Gasteiger partial charge on any atom is -0.0000330 e. The van der Waals surface area contributed by atoms with E-state index in [2.05, 4.69) is 6.58 Å². The zero-order chi connectivity index (χ0) is 9.23. The quantitative estimate of drug-likeness (QED) is 0.611. The van der Waals surface area contributed by atoms with Gasteiger partial charge < -0.3 is 0 Å². The summed E-state index contributed by atoms with van der Waals surface area (Å²) in [5.41, 5.74) is 2.65. The molecule has 0 aliphatic rings. The lowest BCUT2D eigenvalue weighted by Crippen LogP contribution is -1.63. The molecule has 0 bridgehead atoms. The molecule has 0 radical (unpaired) electrons. The van der Waals surface area contributed by atoms with Crippen molar-refractivity contribution >= 4 is 17.7 Å². The first kappa shape index (κ1) is 11.0.